The first-order chi connectivity index (χ1) is 18.6. The second kappa shape index (κ2) is 9.34. The molecule has 15 heteroatoms. The second-order valence-corrected chi connectivity index (χ2v) is 13.4. The fourth-order valence-corrected chi connectivity index (χ4v) is 7.05. The fourth-order valence-electron chi connectivity index (χ4n) is 5.35. The van der Waals surface area contributed by atoms with Gasteiger partial charge < -0.3 is 15.5 Å². The number of nitrogens with one attached hydrogen (secondary N) is 1. The quantitative estimate of drug-likeness (QED) is 0.396. The van der Waals surface area contributed by atoms with E-state index in [1.54, 1.807) is 20.8 Å². The number of sulfone groups is 1. The van der Waals surface area contributed by atoms with Crippen LogP contribution in [0.2, 0.25) is 0 Å². The van der Waals surface area contributed by atoms with Gasteiger partial charge in [0.25, 0.3) is 11.5 Å². The van der Waals surface area contributed by atoms with E-state index in [2.05, 4.69) is 5.32 Å². The Bertz CT molecular complexity index is 1480. The van der Waals surface area contributed by atoms with E-state index in [4.69, 9.17) is 0 Å². The average Bonchev–Trinajstić information content (AvgIpc) is 3.63. The van der Waals surface area contributed by atoms with Crippen molar-refractivity contribution >= 4 is 27.5 Å². The zero-order valence-electron chi connectivity index (χ0n) is 21.9. The molecule has 0 bridgehead atoms. The summed E-state index contributed by atoms with van der Waals surface area (Å²) in [5.74, 6) is -0.974. The Balaban J connectivity index is 1.77. The standard InChI is InChI=1S/C26H26F6N2O6S/c1-22(2,3)23(19-11-10-18(41(39,40)17-8-9-17)12-14(19)13-34(23)21(36)37)20(35)33-16-6-4-15(5-7-16)24(38,25(27,28)29)26(30,31)32/h4-7,10-12,17,38H,8-9,13H2,1-3H3,(H,33,35)(H,36,37). The molecule has 1 heterocycles. The molecule has 1 unspecified atom stereocenters. The van der Waals surface area contributed by atoms with E-state index in [1.807, 2.05) is 0 Å². The third kappa shape index (κ3) is 4.62. The molecule has 2 aromatic carbocycles. The van der Waals surface area contributed by atoms with Gasteiger partial charge in [-0.2, -0.15) is 26.3 Å². The molecule has 2 amide bonds. The lowest BCUT2D eigenvalue weighted by Crippen LogP contribution is -2.59. The molecule has 0 radical (unpaired) electrons. The molecule has 0 saturated heterocycles. The number of aliphatic hydroxyl groups is 1. The number of hydrogen-bond donors (Lipinski definition) is 3. The van der Waals surface area contributed by atoms with Crippen molar-refractivity contribution in [3.63, 3.8) is 0 Å². The van der Waals surface area contributed by atoms with E-state index in [0.717, 1.165) is 17.0 Å². The van der Waals surface area contributed by atoms with Gasteiger partial charge in [0.05, 0.1) is 16.7 Å². The van der Waals surface area contributed by atoms with E-state index >= 15 is 0 Å². The minimum Gasteiger partial charge on any atom is -0.465 e. The molecular formula is C26H26F6N2O6S. The number of carbonyl (C=O) groups is 2. The summed E-state index contributed by atoms with van der Waals surface area (Å²) < 4.78 is 105. The summed E-state index contributed by atoms with van der Waals surface area (Å²) in [5, 5.41) is 21.6. The number of hydrogen-bond acceptors (Lipinski definition) is 5. The SMILES string of the molecule is CC(C)(C)C1(C(=O)Nc2ccc(C(O)(C(F)(F)F)C(F)(F)F)cc2)c2ccc(S(=O)(=O)C3CC3)cc2CN1C(=O)O. The Hall–Kier alpha value is -3.33. The highest BCUT2D eigenvalue weighted by molar-refractivity contribution is 7.92. The molecule has 4 rings (SSSR count). The van der Waals surface area contributed by atoms with Gasteiger partial charge in [-0.1, -0.05) is 39.0 Å². The highest BCUT2D eigenvalue weighted by Crippen LogP contribution is 2.53. The molecule has 2 aliphatic rings. The fraction of sp³-hybridized carbons (Fsp3) is 0.462. The summed E-state index contributed by atoms with van der Waals surface area (Å²) in [5.41, 5.74) is -9.71. The molecule has 1 saturated carbocycles. The van der Waals surface area contributed by atoms with Crippen LogP contribution in [0.4, 0.5) is 36.8 Å². The number of carbonyl (C=O) groups excluding carboxylic acids is 1. The molecule has 1 aliphatic carbocycles. The van der Waals surface area contributed by atoms with Crippen LogP contribution in [0.1, 0.15) is 50.3 Å². The van der Waals surface area contributed by atoms with Gasteiger partial charge in [-0.05, 0) is 53.6 Å². The minimum absolute atomic E-state index is 0.0217. The number of alkyl halides is 6. The number of rotatable bonds is 5. The molecule has 41 heavy (non-hydrogen) atoms. The third-order valence-electron chi connectivity index (χ3n) is 7.52. The second-order valence-electron chi connectivity index (χ2n) is 11.1. The van der Waals surface area contributed by atoms with Gasteiger partial charge in [0, 0.05) is 11.3 Å². The van der Waals surface area contributed by atoms with Crippen molar-refractivity contribution in [2.45, 2.75) is 73.8 Å². The lowest BCUT2D eigenvalue weighted by Gasteiger charge is -2.46. The molecule has 3 N–H and O–H groups in total. The molecule has 8 nitrogen and oxygen atoms in total. The monoisotopic (exact) mass is 608 g/mol. The number of carboxylic acid groups (broad SMARTS) is 1. The Kier molecular flexibility index (Phi) is 6.98. The number of benzene rings is 2. The zero-order valence-corrected chi connectivity index (χ0v) is 22.7. The summed E-state index contributed by atoms with van der Waals surface area (Å²) in [7, 11) is -3.65. The van der Waals surface area contributed by atoms with Crippen LogP contribution in [-0.2, 0) is 32.3 Å². The summed E-state index contributed by atoms with van der Waals surface area (Å²) in [4.78, 5) is 27.1. The van der Waals surface area contributed by atoms with Crippen LogP contribution in [0.3, 0.4) is 0 Å². The van der Waals surface area contributed by atoms with Gasteiger partial charge in [-0.15, -0.1) is 0 Å². The molecule has 0 aromatic heterocycles. The topological polar surface area (TPSA) is 124 Å². The molecule has 224 valence electrons. The van der Waals surface area contributed by atoms with Gasteiger partial charge >= 0.3 is 18.4 Å². The van der Waals surface area contributed by atoms with Crippen LogP contribution >= 0.6 is 0 Å². The van der Waals surface area contributed by atoms with Gasteiger partial charge in [-0.25, -0.2) is 13.2 Å². The van der Waals surface area contributed by atoms with E-state index < -0.39 is 61.6 Å². The van der Waals surface area contributed by atoms with Crippen LogP contribution in [0.15, 0.2) is 47.4 Å². The van der Waals surface area contributed by atoms with Crippen molar-refractivity contribution in [2.75, 3.05) is 5.32 Å². The van der Waals surface area contributed by atoms with Crippen LogP contribution in [0.25, 0.3) is 0 Å². The lowest BCUT2D eigenvalue weighted by atomic mass is 9.68. The summed E-state index contributed by atoms with van der Waals surface area (Å²) >= 11 is 0. The molecule has 2 aromatic rings. The first-order valence-corrected chi connectivity index (χ1v) is 13.8. The van der Waals surface area contributed by atoms with Crippen molar-refractivity contribution in [1.29, 1.82) is 0 Å². The van der Waals surface area contributed by atoms with Crippen LogP contribution in [-0.4, -0.2) is 53.1 Å². The van der Waals surface area contributed by atoms with Crippen molar-refractivity contribution < 1.29 is 54.6 Å². The van der Waals surface area contributed by atoms with E-state index in [0.29, 0.717) is 25.0 Å². The van der Waals surface area contributed by atoms with Gasteiger partial charge in [0.1, 0.15) is 0 Å². The maximum atomic E-state index is 13.9. The lowest BCUT2D eigenvalue weighted by molar-refractivity contribution is -0.376. The van der Waals surface area contributed by atoms with Crippen molar-refractivity contribution in [2.24, 2.45) is 5.41 Å². The van der Waals surface area contributed by atoms with Crippen LogP contribution in [0, 0.1) is 5.41 Å². The molecule has 0 spiro atoms. The van der Waals surface area contributed by atoms with E-state index in [9.17, 15) is 54.6 Å². The van der Waals surface area contributed by atoms with E-state index in [1.165, 1.54) is 18.2 Å². The summed E-state index contributed by atoms with van der Waals surface area (Å²) in [6, 6.07) is 6.11. The molecule has 1 atom stereocenters. The highest BCUT2D eigenvalue weighted by Gasteiger charge is 2.71. The highest BCUT2D eigenvalue weighted by atomic mass is 32.2. The number of halogens is 6. The Labute approximate surface area is 230 Å². The van der Waals surface area contributed by atoms with Crippen LogP contribution < -0.4 is 5.32 Å². The van der Waals surface area contributed by atoms with Gasteiger partial charge in [0.15, 0.2) is 15.4 Å². The Morgan fingerprint density at radius 2 is 1.49 bits per heavy atom. The normalized spacial score (nSPS) is 20.1. The molecule has 1 aliphatic heterocycles. The summed E-state index contributed by atoms with van der Waals surface area (Å²) in [6.45, 7) is 4.32. The third-order valence-corrected chi connectivity index (χ3v) is 9.78. The Morgan fingerprint density at radius 1 is 0.951 bits per heavy atom. The molecular weight excluding hydrogens is 582 g/mol. The number of fused-ring (bicyclic) bond motifs is 1. The summed E-state index contributed by atoms with van der Waals surface area (Å²) in [6.07, 6.45) is -12.7. The van der Waals surface area contributed by atoms with E-state index in [-0.39, 0.29) is 28.3 Å². The van der Waals surface area contributed by atoms with Crippen LogP contribution in [0.5, 0.6) is 0 Å². The predicted molar refractivity (Wildman–Crippen MR) is 132 cm³/mol. The van der Waals surface area contributed by atoms with Crippen molar-refractivity contribution in [3.05, 3.63) is 59.2 Å². The number of anilines is 1. The smallest absolute Gasteiger partial charge is 0.430 e. The number of amides is 2. The van der Waals surface area contributed by atoms with Crippen molar-refractivity contribution in [3.8, 4) is 0 Å². The average molecular weight is 609 g/mol. The van der Waals surface area contributed by atoms with Crippen molar-refractivity contribution in [1.82, 2.24) is 4.90 Å². The molecule has 1 fully saturated rings. The predicted octanol–water partition coefficient (Wildman–Crippen LogP) is 5.31. The first kappa shape index (κ1) is 30.6. The first-order valence-electron chi connectivity index (χ1n) is 12.3. The maximum Gasteiger partial charge on any atom is 0.430 e. The maximum absolute atomic E-state index is 13.9. The number of nitrogens with zero attached hydrogens (tertiary/aromatic N) is 1. The van der Waals surface area contributed by atoms with Gasteiger partial charge in [0.2, 0.25) is 0 Å². The zero-order chi connectivity index (χ0) is 31.0. The Morgan fingerprint density at radius 3 is 1.93 bits per heavy atom. The van der Waals surface area contributed by atoms with Gasteiger partial charge in [-0.3, -0.25) is 9.69 Å². The largest absolute Gasteiger partial charge is 0.465 e. The minimum atomic E-state index is -6.10.